The highest BCUT2D eigenvalue weighted by molar-refractivity contribution is 7.98. The molecule has 4 heteroatoms. The Morgan fingerprint density at radius 1 is 1.19 bits per heavy atom. The van der Waals surface area contributed by atoms with Crippen molar-refractivity contribution in [3.63, 3.8) is 0 Å². The smallest absolute Gasteiger partial charge is 0.241 e. The van der Waals surface area contributed by atoms with E-state index in [9.17, 15) is 4.79 Å². The Kier molecular flexibility index (Phi) is 4.34. The number of hydrogen-bond donors (Lipinski definition) is 1. The fraction of sp³-hybridized carbons (Fsp3) is 0.348. The first-order valence-electron chi connectivity index (χ1n) is 9.46. The lowest BCUT2D eigenvalue weighted by molar-refractivity contribution is -0.118. The van der Waals surface area contributed by atoms with Crippen molar-refractivity contribution < 1.29 is 4.79 Å². The van der Waals surface area contributed by atoms with Gasteiger partial charge in [-0.1, -0.05) is 51.1 Å². The average Bonchev–Trinajstić information content (AvgIpc) is 3.11. The molecule has 0 bridgehead atoms. The average molecular weight is 379 g/mol. The third kappa shape index (κ3) is 2.69. The highest BCUT2D eigenvalue weighted by Gasteiger charge is 2.59. The van der Waals surface area contributed by atoms with E-state index in [1.54, 1.807) is 11.8 Å². The monoisotopic (exact) mass is 378 g/mol. The molecule has 2 aromatic rings. The molecule has 2 aliphatic rings. The quantitative estimate of drug-likeness (QED) is 0.789. The Bertz CT molecular complexity index is 916. The van der Waals surface area contributed by atoms with Gasteiger partial charge >= 0.3 is 0 Å². The molecule has 1 fully saturated rings. The zero-order chi connectivity index (χ0) is 19.2. The second-order valence-corrected chi connectivity index (χ2v) is 8.72. The van der Waals surface area contributed by atoms with Crippen molar-refractivity contribution in [2.75, 3.05) is 17.7 Å². The van der Waals surface area contributed by atoms with Crippen LogP contribution in [0.3, 0.4) is 0 Å². The molecule has 4 rings (SSSR count). The van der Waals surface area contributed by atoms with Crippen LogP contribution in [-0.2, 0) is 16.6 Å². The number of rotatable bonds is 4. The van der Waals surface area contributed by atoms with Crippen molar-refractivity contribution >= 4 is 29.4 Å². The van der Waals surface area contributed by atoms with Crippen molar-refractivity contribution in [3.8, 4) is 0 Å². The molecule has 27 heavy (non-hydrogen) atoms. The highest BCUT2D eigenvalue weighted by Crippen LogP contribution is 2.53. The SMILES string of the molecule is CCc1ccc2c(c1)C(C)(C)C1(/C=C/c3ccc(SC)cc3)NC(=O)CN21. The summed E-state index contributed by atoms with van der Waals surface area (Å²) >= 11 is 1.74. The van der Waals surface area contributed by atoms with Crippen LogP contribution in [0, 0.1) is 0 Å². The normalized spacial score (nSPS) is 22.8. The third-order valence-corrected chi connectivity index (χ3v) is 6.82. The summed E-state index contributed by atoms with van der Waals surface area (Å²) < 4.78 is 0. The molecule has 2 aliphatic heterocycles. The number of anilines is 1. The molecule has 1 saturated heterocycles. The van der Waals surface area contributed by atoms with Gasteiger partial charge in [0.15, 0.2) is 0 Å². The van der Waals surface area contributed by atoms with E-state index in [1.165, 1.54) is 16.0 Å². The summed E-state index contributed by atoms with van der Waals surface area (Å²) in [5.74, 6) is 0.0793. The summed E-state index contributed by atoms with van der Waals surface area (Å²) in [6.07, 6.45) is 7.41. The maximum atomic E-state index is 12.4. The van der Waals surface area contributed by atoms with Crippen LogP contribution < -0.4 is 10.2 Å². The number of amides is 1. The lowest BCUT2D eigenvalue weighted by atomic mass is 9.75. The number of nitrogens with one attached hydrogen (secondary N) is 1. The predicted octanol–water partition coefficient (Wildman–Crippen LogP) is 4.61. The molecule has 2 heterocycles. The molecule has 140 valence electrons. The fourth-order valence-electron chi connectivity index (χ4n) is 4.37. The van der Waals surface area contributed by atoms with E-state index in [0.717, 1.165) is 17.7 Å². The Morgan fingerprint density at radius 3 is 2.59 bits per heavy atom. The number of aryl methyl sites for hydroxylation is 1. The van der Waals surface area contributed by atoms with E-state index in [2.05, 4.69) is 91.9 Å². The van der Waals surface area contributed by atoms with Gasteiger partial charge in [-0.05, 0) is 53.6 Å². The molecule has 1 unspecified atom stereocenters. The van der Waals surface area contributed by atoms with Crippen LogP contribution in [0.2, 0.25) is 0 Å². The lowest BCUT2D eigenvalue weighted by Gasteiger charge is -2.40. The molecule has 1 amide bonds. The molecular formula is C23H26N2OS. The van der Waals surface area contributed by atoms with Gasteiger partial charge in [-0.25, -0.2) is 0 Å². The molecule has 0 spiro atoms. The van der Waals surface area contributed by atoms with Crippen molar-refractivity contribution in [2.45, 2.75) is 43.2 Å². The highest BCUT2D eigenvalue weighted by atomic mass is 32.2. The maximum absolute atomic E-state index is 12.4. The molecule has 3 nitrogen and oxygen atoms in total. The summed E-state index contributed by atoms with van der Waals surface area (Å²) in [4.78, 5) is 15.9. The van der Waals surface area contributed by atoms with Gasteiger partial charge in [-0.2, -0.15) is 0 Å². The summed E-state index contributed by atoms with van der Waals surface area (Å²) in [5, 5.41) is 3.29. The minimum atomic E-state index is -0.531. The van der Waals surface area contributed by atoms with Crippen molar-refractivity contribution in [2.24, 2.45) is 0 Å². The predicted molar refractivity (Wildman–Crippen MR) is 114 cm³/mol. The topological polar surface area (TPSA) is 32.3 Å². The minimum Gasteiger partial charge on any atom is -0.335 e. The summed E-state index contributed by atoms with van der Waals surface area (Å²) in [7, 11) is 0. The molecule has 0 aromatic heterocycles. The Balaban J connectivity index is 1.78. The second kappa shape index (κ2) is 6.45. The summed E-state index contributed by atoms with van der Waals surface area (Å²) in [6, 6.07) is 15.2. The van der Waals surface area contributed by atoms with Crippen molar-refractivity contribution in [3.05, 3.63) is 65.2 Å². The van der Waals surface area contributed by atoms with E-state index in [0.29, 0.717) is 6.54 Å². The van der Waals surface area contributed by atoms with Crippen LogP contribution in [0.5, 0.6) is 0 Å². The molecule has 0 saturated carbocycles. The van der Waals surface area contributed by atoms with Gasteiger partial charge in [0.25, 0.3) is 0 Å². The van der Waals surface area contributed by atoms with Gasteiger partial charge < -0.3 is 10.2 Å². The molecule has 0 radical (unpaired) electrons. The van der Waals surface area contributed by atoms with E-state index < -0.39 is 5.66 Å². The zero-order valence-electron chi connectivity index (χ0n) is 16.4. The molecule has 0 aliphatic carbocycles. The largest absolute Gasteiger partial charge is 0.335 e. The number of carbonyl (C=O) groups is 1. The molecular weight excluding hydrogens is 352 g/mol. The lowest BCUT2D eigenvalue weighted by Crippen LogP contribution is -2.58. The zero-order valence-corrected chi connectivity index (χ0v) is 17.2. The van der Waals surface area contributed by atoms with E-state index in [-0.39, 0.29) is 11.3 Å². The number of nitrogens with zero attached hydrogens (tertiary/aromatic N) is 1. The van der Waals surface area contributed by atoms with Gasteiger partial charge in [0.2, 0.25) is 5.91 Å². The Labute approximate surface area is 165 Å². The Morgan fingerprint density at radius 2 is 1.93 bits per heavy atom. The standard InChI is InChI=1S/C23H26N2OS/c1-5-16-8-11-20-19(14-16)22(2,3)23(24-21(26)15-25(20)23)13-12-17-6-9-18(27-4)10-7-17/h6-14H,5,15H2,1-4H3,(H,24,26)/b13-12+. The number of thioether (sulfide) groups is 1. The number of fused-ring (bicyclic) bond motifs is 3. The van der Waals surface area contributed by atoms with Crippen molar-refractivity contribution in [1.29, 1.82) is 0 Å². The van der Waals surface area contributed by atoms with Gasteiger partial charge in [-0.15, -0.1) is 11.8 Å². The van der Waals surface area contributed by atoms with Crippen LogP contribution in [0.25, 0.3) is 6.08 Å². The minimum absolute atomic E-state index is 0.0793. The number of benzene rings is 2. The first-order chi connectivity index (χ1) is 12.9. The first-order valence-corrected chi connectivity index (χ1v) is 10.7. The summed E-state index contributed by atoms with van der Waals surface area (Å²) in [6.45, 7) is 7.05. The number of hydrogen-bond acceptors (Lipinski definition) is 3. The summed E-state index contributed by atoms with van der Waals surface area (Å²) in [5.41, 5.74) is 4.19. The number of carbonyl (C=O) groups excluding carboxylic acids is 1. The van der Waals surface area contributed by atoms with Gasteiger partial charge in [-0.3, -0.25) is 4.79 Å². The van der Waals surface area contributed by atoms with Crippen LogP contribution in [0.1, 0.15) is 37.5 Å². The van der Waals surface area contributed by atoms with Gasteiger partial charge in [0.1, 0.15) is 5.66 Å². The maximum Gasteiger partial charge on any atom is 0.241 e. The third-order valence-electron chi connectivity index (χ3n) is 6.08. The van der Waals surface area contributed by atoms with E-state index in [1.807, 2.05) is 0 Å². The fourth-order valence-corrected chi connectivity index (χ4v) is 4.78. The second-order valence-electron chi connectivity index (χ2n) is 7.84. The van der Waals surface area contributed by atoms with E-state index >= 15 is 0 Å². The van der Waals surface area contributed by atoms with Crippen LogP contribution in [0.4, 0.5) is 5.69 Å². The van der Waals surface area contributed by atoms with Gasteiger partial charge in [0, 0.05) is 16.0 Å². The van der Waals surface area contributed by atoms with Gasteiger partial charge in [0.05, 0.1) is 6.54 Å². The Hall–Kier alpha value is -2.20. The molecule has 1 N–H and O–H groups in total. The van der Waals surface area contributed by atoms with Crippen LogP contribution in [0.15, 0.2) is 53.4 Å². The van der Waals surface area contributed by atoms with Crippen LogP contribution in [-0.4, -0.2) is 24.4 Å². The van der Waals surface area contributed by atoms with E-state index in [4.69, 9.17) is 0 Å². The first kappa shape index (κ1) is 18.2. The molecule has 2 aromatic carbocycles. The van der Waals surface area contributed by atoms with Crippen molar-refractivity contribution in [1.82, 2.24) is 5.32 Å². The molecule has 1 atom stereocenters. The van der Waals surface area contributed by atoms with Crippen LogP contribution >= 0.6 is 11.8 Å².